The minimum Gasteiger partial charge on any atom is -0.310 e. The minimum atomic E-state index is 0.0000197. The molecular weight excluding hydrogens is 845 g/mol. The second-order valence-electron chi connectivity index (χ2n) is 21.8. The van der Waals surface area contributed by atoms with Crippen molar-refractivity contribution in [3.63, 3.8) is 0 Å². The molecular formula is C68H62N2. The molecule has 0 spiro atoms. The van der Waals surface area contributed by atoms with Crippen molar-refractivity contribution in [2.24, 2.45) is 0 Å². The molecule has 0 aliphatic heterocycles. The van der Waals surface area contributed by atoms with Gasteiger partial charge in [-0.3, -0.25) is 0 Å². The van der Waals surface area contributed by atoms with Gasteiger partial charge in [-0.2, -0.15) is 0 Å². The lowest BCUT2D eigenvalue weighted by atomic mass is 9.78. The van der Waals surface area contributed by atoms with Crippen molar-refractivity contribution in [3.05, 3.63) is 228 Å². The Balaban J connectivity index is 1.04. The first kappa shape index (κ1) is 44.8. The molecule has 0 saturated carbocycles. The molecule has 2 heteroatoms. The van der Waals surface area contributed by atoms with E-state index in [1.807, 2.05) is 0 Å². The Bertz CT molecular complexity index is 3410. The van der Waals surface area contributed by atoms with E-state index >= 15 is 0 Å². The van der Waals surface area contributed by atoms with Gasteiger partial charge >= 0.3 is 0 Å². The van der Waals surface area contributed by atoms with Gasteiger partial charge in [-0.15, -0.1) is 0 Å². The van der Waals surface area contributed by atoms with Crippen molar-refractivity contribution in [2.45, 2.75) is 80.1 Å². The molecule has 0 atom stereocenters. The van der Waals surface area contributed by atoms with Crippen LogP contribution in [0.2, 0.25) is 0 Å². The Labute approximate surface area is 415 Å². The summed E-state index contributed by atoms with van der Waals surface area (Å²) in [7, 11) is 0. The Morgan fingerprint density at radius 1 is 0.271 bits per heavy atom. The van der Waals surface area contributed by atoms with Gasteiger partial charge in [0.1, 0.15) is 0 Å². The summed E-state index contributed by atoms with van der Waals surface area (Å²) in [5.41, 5.74) is 24.7. The van der Waals surface area contributed by atoms with Crippen molar-refractivity contribution in [1.29, 1.82) is 0 Å². The number of benzene rings is 10. The Hall–Kier alpha value is -7.68. The van der Waals surface area contributed by atoms with Crippen LogP contribution in [-0.2, 0) is 10.8 Å². The molecule has 1 aliphatic carbocycles. The summed E-state index contributed by atoms with van der Waals surface area (Å²) in [6, 6.07) is 73.0. The summed E-state index contributed by atoms with van der Waals surface area (Å²) in [5, 5.41) is 4.96. The Kier molecular flexibility index (Phi) is 10.9. The predicted octanol–water partition coefficient (Wildman–Crippen LogP) is 19.7. The zero-order valence-electron chi connectivity index (χ0n) is 42.4. The van der Waals surface area contributed by atoms with E-state index in [4.69, 9.17) is 0 Å². The number of hydrogen-bond donors (Lipinski definition) is 0. The second-order valence-corrected chi connectivity index (χ2v) is 21.8. The van der Waals surface area contributed by atoms with Crippen molar-refractivity contribution in [2.75, 3.05) is 9.80 Å². The van der Waals surface area contributed by atoms with Gasteiger partial charge in [0.15, 0.2) is 0 Å². The average molecular weight is 907 g/mol. The molecule has 1 aliphatic rings. The molecule has 0 heterocycles. The highest BCUT2D eigenvalue weighted by Crippen LogP contribution is 2.52. The van der Waals surface area contributed by atoms with Crippen LogP contribution < -0.4 is 9.80 Å². The number of anilines is 6. The maximum atomic E-state index is 2.50. The van der Waals surface area contributed by atoms with Crippen LogP contribution in [0, 0.1) is 27.7 Å². The second kappa shape index (κ2) is 17.1. The van der Waals surface area contributed by atoms with E-state index in [9.17, 15) is 0 Å². The van der Waals surface area contributed by atoms with Gasteiger partial charge in [0.25, 0.3) is 0 Å². The molecule has 344 valence electrons. The number of nitrogens with zero attached hydrogens (tertiary/aromatic N) is 2. The van der Waals surface area contributed by atoms with Crippen LogP contribution in [0.1, 0.15) is 74.9 Å². The zero-order chi connectivity index (χ0) is 48.6. The van der Waals surface area contributed by atoms with Crippen LogP contribution in [0.25, 0.3) is 66.1 Å². The highest BCUT2D eigenvalue weighted by molar-refractivity contribution is 6.12. The van der Waals surface area contributed by atoms with Crippen LogP contribution in [0.3, 0.4) is 0 Å². The third kappa shape index (κ3) is 8.06. The van der Waals surface area contributed by atoms with E-state index in [-0.39, 0.29) is 10.8 Å². The van der Waals surface area contributed by atoms with Gasteiger partial charge in [-0.1, -0.05) is 163 Å². The number of fused-ring (bicyclic) bond motifs is 6. The minimum absolute atomic E-state index is 0.0000197. The summed E-state index contributed by atoms with van der Waals surface area (Å²) in [6.45, 7) is 22.8. The summed E-state index contributed by atoms with van der Waals surface area (Å²) >= 11 is 0. The molecule has 0 fully saturated rings. The topological polar surface area (TPSA) is 6.48 Å². The van der Waals surface area contributed by atoms with Gasteiger partial charge in [0.2, 0.25) is 0 Å². The van der Waals surface area contributed by atoms with E-state index in [1.54, 1.807) is 0 Å². The fourth-order valence-electron chi connectivity index (χ4n) is 10.4. The normalized spacial score (nSPS) is 12.1. The van der Waals surface area contributed by atoms with E-state index in [2.05, 4.69) is 273 Å². The SMILES string of the molecule is Cc1ccc(-c2ccccc2)cc1N(c1ccc2cc3c(cc2c1)-c1cc2cc(N(c4cc(-c5ccccc5)ccc4C)c4cc(C(C)(C)C)ccc4C)ccc2cc1-3)c1cc(C(C)(C)C)ccc1C. The van der Waals surface area contributed by atoms with Crippen LogP contribution >= 0.6 is 0 Å². The van der Waals surface area contributed by atoms with Crippen LogP contribution in [0.5, 0.6) is 0 Å². The first-order chi connectivity index (χ1) is 33.6. The molecule has 2 nitrogen and oxygen atoms in total. The van der Waals surface area contributed by atoms with Crippen LogP contribution in [0.15, 0.2) is 194 Å². The lowest BCUT2D eigenvalue weighted by Gasteiger charge is -2.32. The largest absolute Gasteiger partial charge is 0.310 e. The van der Waals surface area contributed by atoms with Gasteiger partial charge < -0.3 is 9.80 Å². The number of aryl methyl sites for hydroxylation is 4. The van der Waals surface area contributed by atoms with Gasteiger partial charge in [0, 0.05) is 34.1 Å². The van der Waals surface area contributed by atoms with Gasteiger partial charge in [0.05, 0.1) is 0 Å². The monoisotopic (exact) mass is 906 g/mol. The molecule has 0 amide bonds. The predicted molar refractivity (Wildman–Crippen MR) is 302 cm³/mol. The van der Waals surface area contributed by atoms with Crippen molar-refractivity contribution < 1.29 is 0 Å². The van der Waals surface area contributed by atoms with Gasteiger partial charge in [-0.05, 0) is 211 Å². The van der Waals surface area contributed by atoms with Crippen molar-refractivity contribution in [3.8, 4) is 44.5 Å². The van der Waals surface area contributed by atoms with Crippen molar-refractivity contribution >= 4 is 55.7 Å². The molecule has 0 unspecified atom stereocenters. The van der Waals surface area contributed by atoms with Crippen LogP contribution in [-0.4, -0.2) is 0 Å². The first-order valence-corrected chi connectivity index (χ1v) is 24.9. The van der Waals surface area contributed by atoms with E-state index in [0.717, 1.165) is 11.4 Å². The van der Waals surface area contributed by atoms with E-state index in [1.165, 1.54) is 122 Å². The quantitative estimate of drug-likeness (QED) is 0.150. The molecule has 0 radical (unpaired) electrons. The molecule has 10 aromatic carbocycles. The summed E-state index contributed by atoms with van der Waals surface area (Å²) < 4.78 is 0. The molecule has 0 bridgehead atoms. The first-order valence-electron chi connectivity index (χ1n) is 24.9. The maximum Gasteiger partial charge on any atom is 0.0497 e. The number of hydrogen-bond acceptors (Lipinski definition) is 2. The fraction of sp³-hybridized carbons (Fsp3) is 0.176. The summed E-state index contributed by atoms with van der Waals surface area (Å²) in [4.78, 5) is 4.99. The average Bonchev–Trinajstić information content (AvgIpc) is 3.35. The van der Waals surface area contributed by atoms with Gasteiger partial charge in [-0.25, -0.2) is 0 Å². The maximum absolute atomic E-state index is 2.50. The number of rotatable bonds is 8. The molecule has 10 aromatic rings. The van der Waals surface area contributed by atoms with Crippen molar-refractivity contribution in [1.82, 2.24) is 0 Å². The lowest BCUT2D eigenvalue weighted by molar-refractivity contribution is 0.590. The summed E-state index contributed by atoms with van der Waals surface area (Å²) in [5.74, 6) is 0. The molecule has 11 rings (SSSR count). The lowest BCUT2D eigenvalue weighted by Crippen LogP contribution is -2.16. The van der Waals surface area contributed by atoms with E-state index in [0.29, 0.717) is 0 Å². The third-order valence-corrected chi connectivity index (χ3v) is 14.8. The highest BCUT2D eigenvalue weighted by atomic mass is 15.2. The Morgan fingerprint density at radius 3 is 0.957 bits per heavy atom. The standard InChI is InChI=1S/C68H62N2/c1-43-21-25-51(47-17-13-11-14-18-47)39-63(43)69(65-41-55(67(5,6)7)29-23-45(65)3)57-31-27-49-35-59-60-36-50-28-32-58(34-54(50)38-62(60)61(59)37-53(49)33-57)70(66-42-56(68(8,9)10)30-24-46(66)4)64-40-52(26-22-44(64)2)48-19-15-12-16-20-48/h11-42H,1-10H3. The van der Waals surface area contributed by atoms with E-state index < -0.39 is 0 Å². The molecule has 70 heavy (non-hydrogen) atoms. The third-order valence-electron chi connectivity index (χ3n) is 14.8. The fourth-order valence-corrected chi connectivity index (χ4v) is 10.4. The highest BCUT2D eigenvalue weighted by Gasteiger charge is 2.27. The molecule has 0 saturated heterocycles. The Morgan fingerprint density at radius 2 is 0.600 bits per heavy atom. The van der Waals surface area contributed by atoms with Crippen LogP contribution in [0.4, 0.5) is 34.1 Å². The zero-order valence-corrected chi connectivity index (χ0v) is 42.4. The smallest absolute Gasteiger partial charge is 0.0497 e. The molecule has 0 aromatic heterocycles. The molecule has 0 N–H and O–H groups in total. The summed E-state index contributed by atoms with van der Waals surface area (Å²) in [6.07, 6.45) is 0.